The molecule has 1 unspecified atom stereocenters. The van der Waals surface area contributed by atoms with Crippen LogP contribution in [0.15, 0.2) is 23.2 Å². The molecule has 1 saturated heterocycles. The van der Waals surface area contributed by atoms with Crippen molar-refractivity contribution in [3.8, 4) is 0 Å². The van der Waals surface area contributed by atoms with E-state index in [1.54, 1.807) is 17.7 Å². The Morgan fingerprint density at radius 1 is 1.50 bits per heavy atom. The molecule has 0 bridgehead atoms. The van der Waals surface area contributed by atoms with Gasteiger partial charge in [-0.05, 0) is 42.2 Å². The smallest absolute Gasteiger partial charge is 0.0925 e. The summed E-state index contributed by atoms with van der Waals surface area (Å²) < 4.78 is 5.78. The molecular weight excluding hydrogens is 270 g/mol. The lowest BCUT2D eigenvalue weighted by Gasteiger charge is -2.24. The van der Waals surface area contributed by atoms with E-state index >= 15 is 0 Å². The van der Waals surface area contributed by atoms with Crippen molar-refractivity contribution in [1.82, 2.24) is 14.9 Å². The first kappa shape index (κ1) is 13.8. The van der Waals surface area contributed by atoms with E-state index in [2.05, 4.69) is 38.6 Å². The van der Waals surface area contributed by atoms with Crippen LogP contribution >= 0.6 is 11.3 Å². The highest BCUT2D eigenvalue weighted by molar-refractivity contribution is 7.07. The zero-order valence-electron chi connectivity index (χ0n) is 11.8. The van der Waals surface area contributed by atoms with Gasteiger partial charge in [0.05, 0.1) is 18.1 Å². The van der Waals surface area contributed by atoms with Gasteiger partial charge in [0.15, 0.2) is 0 Å². The molecule has 0 aliphatic carbocycles. The number of rotatable bonds is 6. The third-order valence-electron chi connectivity index (χ3n) is 3.78. The van der Waals surface area contributed by atoms with Gasteiger partial charge in [0, 0.05) is 31.9 Å². The van der Waals surface area contributed by atoms with E-state index in [-0.39, 0.29) is 0 Å². The van der Waals surface area contributed by atoms with E-state index in [0.717, 1.165) is 37.6 Å². The van der Waals surface area contributed by atoms with Crippen LogP contribution < -0.4 is 0 Å². The number of imidazole rings is 1. The van der Waals surface area contributed by atoms with Crippen molar-refractivity contribution in [2.45, 2.75) is 39.0 Å². The quantitative estimate of drug-likeness (QED) is 0.889. The van der Waals surface area contributed by atoms with Crippen molar-refractivity contribution in [3.05, 3.63) is 40.1 Å². The molecule has 1 fully saturated rings. The highest BCUT2D eigenvalue weighted by Gasteiger charge is 2.20. The van der Waals surface area contributed by atoms with Gasteiger partial charge in [0.1, 0.15) is 0 Å². The molecule has 1 aliphatic rings. The molecule has 108 valence electrons. The molecule has 3 heterocycles. The van der Waals surface area contributed by atoms with Crippen molar-refractivity contribution in [1.29, 1.82) is 0 Å². The van der Waals surface area contributed by atoms with Gasteiger partial charge in [-0.25, -0.2) is 4.98 Å². The monoisotopic (exact) mass is 291 g/mol. The molecule has 1 N–H and O–H groups in total. The van der Waals surface area contributed by atoms with Crippen LogP contribution in [-0.4, -0.2) is 34.1 Å². The number of H-pyrrole nitrogens is 1. The van der Waals surface area contributed by atoms with Gasteiger partial charge >= 0.3 is 0 Å². The first-order valence-electron chi connectivity index (χ1n) is 7.15. The maximum atomic E-state index is 5.78. The third-order valence-corrected chi connectivity index (χ3v) is 4.51. The topological polar surface area (TPSA) is 41.2 Å². The number of hydrogen-bond donors (Lipinski definition) is 1. The molecule has 0 spiro atoms. The summed E-state index contributed by atoms with van der Waals surface area (Å²) >= 11 is 1.76. The Morgan fingerprint density at radius 2 is 2.45 bits per heavy atom. The molecule has 2 aromatic rings. The van der Waals surface area contributed by atoms with Gasteiger partial charge < -0.3 is 9.72 Å². The van der Waals surface area contributed by atoms with Gasteiger partial charge in [-0.15, -0.1) is 0 Å². The number of ether oxygens (including phenoxy) is 1. The van der Waals surface area contributed by atoms with Crippen molar-refractivity contribution in [2.24, 2.45) is 0 Å². The van der Waals surface area contributed by atoms with Gasteiger partial charge in [-0.1, -0.05) is 0 Å². The summed E-state index contributed by atoms with van der Waals surface area (Å²) in [6.45, 7) is 5.83. The van der Waals surface area contributed by atoms with Crippen molar-refractivity contribution >= 4 is 11.3 Å². The zero-order chi connectivity index (χ0) is 13.8. The lowest BCUT2D eigenvalue weighted by molar-refractivity contribution is 0.0675. The summed E-state index contributed by atoms with van der Waals surface area (Å²) in [6.07, 6.45) is 4.53. The Hall–Kier alpha value is -1.17. The zero-order valence-corrected chi connectivity index (χ0v) is 12.7. The lowest BCUT2D eigenvalue weighted by Crippen LogP contribution is -2.31. The predicted molar refractivity (Wildman–Crippen MR) is 80.7 cm³/mol. The fourth-order valence-electron chi connectivity index (χ4n) is 2.66. The summed E-state index contributed by atoms with van der Waals surface area (Å²) in [5, 5.41) is 4.36. The SMILES string of the molecule is Cc1[nH]cnc1CN(Cc1ccsc1)CC1CCCO1. The van der Waals surface area contributed by atoms with E-state index in [9.17, 15) is 0 Å². The Bertz CT molecular complexity index is 517. The minimum absolute atomic E-state index is 0.382. The van der Waals surface area contributed by atoms with E-state index in [1.807, 2.05) is 0 Å². The van der Waals surface area contributed by atoms with Gasteiger partial charge in [-0.2, -0.15) is 11.3 Å². The van der Waals surface area contributed by atoms with Gasteiger partial charge in [-0.3, -0.25) is 4.90 Å². The summed E-state index contributed by atoms with van der Waals surface area (Å²) in [5.74, 6) is 0. The molecule has 0 aromatic carbocycles. The maximum absolute atomic E-state index is 5.78. The molecule has 0 amide bonds. The van der Waals surface area contributed by atoms with Crippen molar-refractivity contribution in [2.75, 3.05) is 13.2 Å². The first-order chi connectivity index (χ1) is 9.81. The maximum Gasteiger partial charge on any atom is 0.0925 e. The summed E-state index contributed by atoms with van der Waals surface area (Å²) in [7, 11) is 0. The second kappa shape index (κ2) is 6.52. The molecule has 1 atom stereocenters. The second-order valence-electron chi connectivity index (χ2n) is 5.41. The molecule has 4 nitrogen and oxygen atoms in total. The number of aromatic nitrogens is 2. The fraction of sp³-hybridized carbons (Fsp3) is 0.533. The highest BCUT2D eigenvalue weighted by Crippen LogP contribution is 2.18. The van der Waals surface area contributed by atoms with E-state index in [4.69, 9.17) is 4.74 Å². The molecular formula is C15H21N3OS. The lowest BCUT2D eigenvalue weighted by atomic mass is 10.2. The number of nitrogens with one attached hydrogen (secondary N) is 1. The number of thiophene rings is 1. The molecule has 2 aromatic heterocycles. The minimum atomic E-state index is 0.382. The second-order valence-corrected chi connectivity index (χ2v) is 6.19. The Morgan fingerprint density at radius 3 is 3.10 bits per heavy atom. The largest absolute Gasteiger partial charge is 0.377 e. The average Bonchev–Trinajstić information content (AvgIpc) is 3.15. The van der Waals surface area contributed by atoms with Crippen LogP contribution in [0, 0.1) is 6.92 Å². The fourth-order valence-corrected chi connectivity index (χ4v) is 3.32. The third kappa shape index (κ3) is 3.48. The molecule has 5 heteroatoms. The number of aromatic amines is 1. The Balaban J connectivity index is 1.67. The predicted octanol–water partition coefficient (Wildman–Crippen LogP) is 2.96. The number of aryl methyl sites for hydroxylation is 1. The van der Waals surface area contributed by atoms with Crippen LogP contribution in [0.5, 0.6) is 0 Å². The summed E-state index contributed by atoms with van der Waals surface area (Å²) in [4.78, 5) is 10.0. The molecule has 3 rings (SSSR count). The van der Waals surface area contributed by atoms with Crippen LogP contribution in [0.4, 0.5) is 0 Å². The van der Waals surface area contributed by atoms with Crippen LogP contribution in [0.3, 0.4) is 0 Å². The van der Waals surface area contributed by atoms with Crippen molar-refractivity contribution in [3.63, 3.8) is 0 Å². The molecule has 20 heavy (non-hydrogen) atoms. The van der Waals surface area contributed by atoms with Crippen LogP contribution in [-0.2, 0) is 17.8 Å². The van der Waals surface area contributed by atoms with Crippen LogP contribution in [0.25, 0.3) is 0 Å². The molecule has 0 saturated carbocycles. The number of hydrogen-bond acceptors (Lipinski definition) is 4. The van der Waals surface area contributed by atoms with Crippen LogP contribution in [0.1, 0.15) is 29.8 Å². The van der Waals surface area contributed by atoms with Gasteiger partial charge in [0.25, 0.3) is 0 Å². The Labute approximate surface area is 123 Å². The Kier molecular flexibility index (Phi) is 4.50. The summed E-state index contributed by atoms with van der Waals surface area (Å²) in [6, 6.07) is 2.20. The first-order valence-corrected chi connectivity index (χ1v) is 8.09. The molecule has 1 aliphatic heterocycles. The van der Waals surface area contributed by atoms with E-state index in [1.165, 1.54) is 18.4 Å². The van der Waals surface area contributed by atoms with E-state index < -0.39 is 0 Å². The normalized spacial score (nSPS) is 19.0. The highest BCUT2D eigenvalue weighted by atomic mass is 32.1. The van der Waals surface area contributed by atoms with Crippen molar-refractivity contribution < 1.29 is 4.74 Å². The molecule has 0 radical (unpaired) electrons. The number of nitrogens with zero attached hydrogens (tertiary/aromatic N) is 2. The standard InChI is InChI=1S/C15H21N3OS/c1-12-15(17-11-16-12)9-18(7-13-4-6-20-10-13)8-14-3-2-5-19-14/h4,6,10-11,14H,2-3,5,7-9H2,1H3,(H,16,17). The average molecular weight is 291 g/mol. The van der Waals surface area contributed by atoms with Crippen LogP contribution in [0.2, 0.25) is 0 Å². The van der Waals surface area contributed by atoms with E-state index in [0.29, 0.717) is 6.10 Å². The summed E-state index contributed by atoms with van der Waals surface area (Å²) in [5.41, 5.74) is 3.67. The minimum Gasteiger partial charge on any atom is -0.377 e. The van der Waals surface area contributed by atoms with Gasteiger partial charge in [0.2, 0.25) is 0 Å².